The molecule has 4 nitrogen and oxygen atoms in total. The van der Waals surface area contributed by atoms with Crippen LogP contribution in [-0.4, -0.2) is 17.9 Å². The summed E-state index contributed by atoms with van der Waals surface area (Å²) in [5.74, 6) is 0.465. The largest absolute Gasteiger partial charge is 0.481 e. The van der Waals surface area contributed by atoms with Gasteiger partial charge in [0.05, 0.1) is 6.42 Å². The number of halogens is 1. The molecule has 0 aliphatic carbocycles. The number of hydrogen-bond donors (Lipinski definition) is 1. The molecule has 1 heterocycles. The summed E-state index contributed by atoms with van der Waals surface area (Å²) in [5, 5.41) is 8.66. The minimum Gasteiger partial charge on any atom is -0.481 e. The highest BCUT2D eigenvalue weighted by atomic mass is 127. The van der Waals surface area contributed by atoms with Gasteiger partial charge in [-0.2, -0.15) is 0 Å². The maximum absolute atomic E-state index is 10.5. The van der Waals surface area contributed by atoms with Crippen molar-refractivity contribution in [2.75, 3.05) is 6.79 Å². The third kappa shape index (κ3) is 1.77. The van der Waals surface area contributed by atoms with E-state index >= 15 is 0 Å². The summed E-state index contributed by atoms with van der Waals surface area (Å²) >= 11 is 2.09. The second kappa shape index (κ2) is 3.64. The minimum atomic E-state index is -0.846. The highest BCUT2D eigenvalue weighted by Crippen LogP contribution is 2.35. The lowest BCUT2D eigenvalue weighted by Gasteiger charge is -2.03. The number of aliphatic carboxylic acids is 1. The molecule has 74 valence electrons. The maximum atomic E-state index is 10.5. The lowest BCUT2D eigenvalue weighted by molar-refractivity contribution is -0.136. The van der Waals surface area contributed by atoms with Crippen LogP contribution < -0.4 is 9.47 Å². The lowest BCUT2D eigenvalue weighted by Crippen LogP contribution is -2.01. The summed E-state index contributed by atoms with van der Waals surface area (Å²) in [5.41, 5.74) is 0.752. The van der Waals surface area contributed by atoms with Crippen molar-refractivity contribution in [3.8, 4) is 11.5 Å². The van der Waals surface area contributed by atoms with Crippen LogP contribution in [0.1, 0.15) is 5.56 Å². The summed E-state index contributed by atoms with van der Waals surface area (Å²) < 4.78 is 11.2. The molecule has 2 rings (SSSR count). The highest BCUT2D eigenvalue weighted by molar-refractivity contribution is 14.1. The average molecular weight is 306 g/mol. The van der Waals surface area contributed by atoms with Crippen molar-refractivity contribution in [3.63, 3.8) is 0 Å². The van der Waals surface area contributed by atoms with Crippen molar-refractivity contribution in [2.24, 2.45) is 0 Å². The van der Waals surface area contributed by atoms with Gasteiger partial charge in [-0.3, -0.25) is 4.79 Å². The van der Waals surface area contributed by atoms with Gasteiger partial charge in [0.1, 0.15) is 0 Å². The molecule has 14 heavy (non-hydrogen) atoms. The lowest BCUT2D eigenvalue weighted by atomic mass is 10.1. The van der Waals surface area contributed by atoms with Gasteiger partial charge in [-0.25, -0.2) is 0 Å². The second-order valence-corrected chi connectivity index (χ2v) is 4.03. The van der Waals surface area contributed by atoms with Crippen molar-refractivity contribution in [1.82, 2.24) is 0 Å². The van der Waals surface area contributed by atoms with E-state index in [1.54, 1.807) is 12.1 Å². The van der Waals surface area contributed by atoms with Crippen molar-refractivity contribution in [1.29, 1.82) is 0 Å². The normalized spacial score (nSPS) is 12.9. The molecule has 1 aromatic rings. The molecule has 0 atom stereocenters. The Balaban J connectivity index is 2.37. The van der Waals surface area contributed by atoms with E-state index in [1.807, 2.05) is 0 Å². The molecular weight excluding hydrogens is 299 g/mol. The zero-order chi connectivity index (χ0) is 10.1. The zero-order valence-electron chi connectivity index (χ0n) is 7.12. The van der Waals surface area contributed by atoms with Crippen LogP contribution in [0.2, 0.25) is 0 Å². The van der Waals surface area contributed by atoms with Crippen LogP contribution in [0.3, 0.4) is 0 Å². The predicted octanol–water partition coefficient (Wildman–Crippen LogP) is 1.65. The number of carboxylic acid groups (broad SMARTS) is 1. The number of carboxylic acids is 1. The molecule has 1 aliphatic heterocycles. The minimum absolute atomic E-state index is 0.00884. The number of ether oxygens (including phenoxy) is 2. The number of benzene rings is 1. The van der Waals surface area contributed by atoms with Gasteiger partial charge in [-0.1, -0.05) is 0 Å². The molecule has 0 spiro atoms. The summed E-state index contributed by atoms with van der Waals surface area (Å²) in [6.07, 6.45) is 0.00884. The molecule has 0 saturated heterocycles. The van der Waals surface area contributed by atoms with Crippen LogP contribution in [0.4, 0.5) is 0 Å². The first-order valence-electron chi connectivity index (χ1n) is 3.96. The Bertz CT molecular complexity index is 389. The van der Waals surface area contributed by atoms with Gasteiger partial charge < -0.3 is 14.6 Å². The second-order valence-electron chi connectivity index (χ2n) is 2.87. The first-order valence-corrected chi connectivity index (χ1v) is 5.04. The van der Waals surface area contributed by atoms with E-state index in [0.717, 1.165) is 9.13 Å². The van der Waals surface area contributed by atoms with Crippen LogP contribution in [0.5, 0.6) is 11.5 Å². The zero-order valence-corrected chi connectivity index (χ0v) is 9.28. The first-order chi connectivity index (χ1) is 6.66. The van der Waals surface area contributed by atoms with Crippen molar-refractivity contribution in [2.45, 2.75) is 6.42 Å². The van der Waals surface area contributed by atoms with Crippen LogP contribution in [-0.2, 0) is 11.2 Å². The third-order valence-corrected chi connectivity index (χ3v) is 2.89. The molecule has 1 aliphatic rings. The first kappa shape index (κ1) is 9.57. The topological polar surface area (TPSA) is 55.8 Å². The quantitative estimate of drug-likeness (QED) is 0.844. The maximum Gasteiger partial charge on any atom is 0.307 e. The molecule has 0 radical (unpaired) electrons. The highest BCUT2D eigenvalue weighted by Gasteiger charge is 2.17. The van der Waals surface area contributed by atoms with E-state index in [4.69, 9.17) is 14.6 Å². The molecule has 0 aromatic heterocycles. The molecule has 0 amide bonds. The molecule has 0 fully saturated rings. The molecular formula is C9H7IO4. The van der Waals surface area contributed by atoms with Gasteiger partial charge in [-0.15, -0.1) is 0 Å². The molecule has 0 saturated carbocycles. The van der Waals surface area contributed by atoms with Crippen molar-refractivity contribution < 1.29 is 19.4 Å². The standard InChI is InChI=1S/C9H7IO4/c10-6-3-8-7(13-4-14-8)1-5(6)2-9(11)12/h1,3H,2,4H2,(H,11,12). The Morgan fingerprint density at radius 1 is 1.43 bits per heavy atom. The monoisotopic (exact) mass is 306 g/mol. The van der Waals surface area contributed by atoms with Crippen LogP contribution in [0.25, 0.3) is 0 Å². The molecule has 0 bridgehead atoms. The van der Waals surface area contributed by atoms with Gasteiger partial charge in [0.15, 0.2) is 11.5 Å². The number of carbonyl (C=O) groups is 1. The van der Waals surface area contributed by atoms with E-state index in [1.165, 1.54) is 0 Å². The fraction of sp³-hybridized carbons (Fsp3) is 0.222. The summed E-state index contributed by atoms with van der Waals surface area (Å²) in [7, 11) is 0. The summed E-state index contributed by atoms with van der Waals surface area (Å²) in [6, 6.07) is 3.51. The number of fused-ring (bicyclic) bond motifs is 1. The SMILES string of the molecule is O=C(O)Cc1cc2c(cc1I)OCO2. The van der Waals surface area contributed by atoms with Crippen LogP contribution in [0, 0.1) is 3.57 Å². The smallest absolute Gasteiger partial charge is 0.307 e. The predicted molar refractivity (Wildman–Crippen MR) is 56.6 cm³/mol. The average Bonchev–Trinajstić information content (AvgIpc) is 2.51. The van der Waals surface area contributed by atoms with Gasteiger partial charge in [0, 0.05) is 3.57 Å². The van der Waals surface area contributed by atoms with Crippen LogP contribution in [0.15, 0.2) is 12.1 Å². The Hall–Kier alpha value is -0.980. The third-order valence-electron chi connectivity index (χ3n) is 1.88. The molecule has 1 N–H and O–H groups in total. The van der Waals surface area contributed by atoms with Crippen molar-refractivity contribution >= 4 is 28.6 Å². The molecule has 1 aromatic carbocycles. The van der Waals surface area contributed by atoms with Gasteiger partial charge in [-0.05, 0) is 40.3 Å². The Kier molecular flexibility index (Phi) is 2.49. The van der Waals surface area contributed by atoms with Crippen molar-refractivity contribution in [3.05, 3.63) is 21.3 Å². The van der Waals surface area contributed by atoms with E-state index < -0.39 is 5.97 Å². The summed E-state index contributed by atoms with van der Waals surface area (Å²) in [4.78, 5) is 10.5. The van der Waals surface area contributed by atoms with E-state index in [0.29, 0.717) is 11.5 Å². The van der Waals surface area contributed by atoms with E-state index in [2.05, 4.69) is 22.6 Å². The fourth-order valence-corrected chi connectivity index (χ4v) is 1.89. The van der Waals surface area contributed by atoms with Gasteiger partial charge in [0.25, 0.3) is 0 Å². The van der Waals surface area contributed by atoms with Crippen LogP contribution >= 0.6 is 22.6 Å². The Morgan fingerprint density at radius 3 is 2.71 bits per heavy atom. The van der Waals surface area contributed by atoms with Gasteiger partial charge in [0.2, 0.25) is 6.79 Å². The Labute approximate surface area is 94.0 Å². The fourth-order valence-electron chi connectivity index (χ4n) is 1.26. The molecule has 0 unspecified atom stereocenters. The summed E-state index contributed by atoms with van der Waals surface area (Å²) in [6.45, 7) is 0.210. The van der Waals surface area contributed by atoms with Gasteiger partial charge >= 0.3 is 5.97 Å². The Morgan fingerprint density at radius 2 is 2.07 bits per heavy atom. The van der Waals surface area contributed by atoms with E-state index in [9.17, 15) is 4.79 Å². The number of rotatable bonds is 2. The number of hydrogen-bond acceptors (Lipinski definition) is 3. The molecule has 5 heteroatoms. The van der Waals surface area contributed by atoms with E-state index in [-0.39, 0.29) is 13.2 Å².